The van der Waals surface area contributed by atoms with E-state index in [-0.39, 0.29) is 0 Å². The van der Waals surface area contributed by atoms with Crippen molar-refractivity contribution >= 4 is 13.3 Å². The first kappa shape index (κ1) is 7.88. The molecule has 0 aromatic heterocycles. The third-order valence-corrected chi connectivity index (χ3v) is 1.96. The number of nitriles is 1. The minimum Gasteiger partial charge on any atom is -0.192 e. The van der Waals surface area contributed by atoms with Gasteiger partial charge >= 0.3 is 0 Å². The van der Waals surface area contributed by atoms with Gasteiger partial charge in [0.05, 0.1) is 11.6 Å². The van der Waals surface area contributed by atoms with Crippen molar-refractivity contribution in [3.63, 3.8) is 0 Å². The molecule has 0 spiro atoms. The van der Waals surface area contributed by atoms with E-state index in [1.165, 1.54) is 11.0 Å². The van der Waals surface area contributed by atoms with Gasteiger partial charge in [-0.3, -0.25) is 0 Å². The van der Waals surface area contributed by atoms with Gasteiger partial charge in [0.2, 0.25) is 0 Å². The Morgan fingerprint density at radius 1 is 1.27 bits per heavy atom. The van der Waals surface area contributed by atoms with Crippen LogP contribution in [-0.4, -0.2) is 7.85 Å². The summed E-state index contributed by atoms with van der Waals surface area (Å²) in [6, 6.07) is 6.15. The van der Waals surface area contributed by atoms with Gasteiger partial charge in [0.15, 0.2) is 0 Å². The van der Waals surface area contributed by atoms with Crippen LogP contribution in [-0.2, 0) is 0 Å². The van der Waals surface area contributed by atoms with Crippen molar-refractivity contribution in [2.24, 2.45) is 0 Å². The second kappa shape index (κ2) is 2.80. The van der Waals surface area contributed by atoms with Crippen LogP contribution in [0.25, 0.3) is 0 Å². The Hall–Kier alpha value is -1.23. The highest BCUT2D eigenvalue weighted by atomic mass is 14.2. The van der Waals surface area contributed by atoms with Gasteiger partial charge in [-0.25, -0.2) is 0 Å². The SMILES string of the molecule is Bc1cc(C)c(C#N)cc1C. The normalized spacial score (nSPS) is 9.18. The predicted molar refractivity (Wildman–Crippen MR) is 48.8 cm³/mol. The molecule has 11 heavy (non-hydrogen) atoms. The number of nitrogens with zero attached hydrogens (tertiary/aromatic N) is 1. The molecular formula is C9H10BN. The summed E-state index contributed by atoms with van der Waals surface area (Å²) in [6.45, 7) is 3.99. The summed E-state index contributed by atoms with van der Waals surface area (Å²) in [6.07, 6.45) is 0. The molecular weight excluding hydrogens is 133 g/mol. The quantitative estimate of drug-likeness (QED) is 0.483. The zero-order valence-electron chi connectivity index (χ0n) is 7.10. The van der Waals surface area contributed by atoms with E-state index in [0.717, 1.165) is 11.1 Å². The lowest BCUT2D eigenvalue weighted by atomic mass is 9.88. The lowest BCUT2D eigenvalue weighted by molar-refractivity contribution is 1.37. The van der Waals surface area contributed by atoms with Gasteiger partial charge in [-0.2, -0.15) is 5.26 Å². The molecule has 0 saturated carbocycles. The molecule has 0 atom stereocenters. The van der Waals surface area contributed by atoms with Crippen LogP contribution in [0.1, 0.15) is 16.7 Å². The molecule has 1 nitrogen and oxygen atoms in total. The van der Waals surface area contributed by atoms with Crippen LogP contribution in [0.3, 0.4) is 0 Å². The number of aryl methyl sites for hydroxylation is 2. The molecule has 0 amide bonds. The Kier molecular flexibility index (Phi) is 2.00. The van der Waals surface area contributed by atoms with E-state index in [2.05, 4.69) is 13.9 Å². The lowest BCUT2D eigenvalue weighted by Gasteiger charge is -2.02. The second-order valence-corrected chi connectivity index (χ2v) is 2.86. The fourth-order valence-electron chi connectivity index (χ4n) is 1.08. The molecule has 0 unspecified atom stereocenters. The van der Waals surface area contributed by atoms with Crippen molar-refractivity contribution in [2.45, 2.75) is 13.8 Å². The smallest absolute Gasteiger partial charge is 0.139 e. The highest BCUT2D eigenvalue weighted by molar-refractivity contribution is 6.33. The molecule has 1 aromatic rings. The summed E-state index contributed by atoms with van der Waals surface area (Å²) in [5, 5.41) is 8.68. The summed E-state index contributed by atoms with van der Waals surface area (Å²) in [5.74, 6) is 0. The Bertz CT molecular complexity index is 323. The van der Waals surface area contributed by atoms with Crippen LogP contribution >= 0.6 is 0 Å². The summed E-state index contributed by atoms with van der Waals surface area (Å²) in [5.41, 5.74) is 4.29. The molecule has 1 rings (SSSR count). The van der Waals surface area contributed by atoms with Crippen molar-refractivity contribution < 1.29 is 0 Å². The Morgan fingerprint density at radius 2 is 1.91 bits per heavy atom. The van der Waals surface area contributed by atoms with Crippen molar-refractivity contribution in [2.75, 3.05) is 0 Å². The second-order valence-electron chi connectivity index (χ2n) is 2.86. The lowest BCUT2D eigenvalue weighted by Crippen LogP contribution is -2.08. The van der Waals surface area contributed by atoms with Crippen LogP contribution in [0.5, 0.6) is 0 Å². The molecule has 0 aliphatic heterocycles. The van der Waals surface area contributed by atoms with E-state index in [0.29, 0.717) is 0 Å². The summed E-state index contributed by atoms with van der Waals surface area (Å²) in [7, 11) is 2.06. The van der Waals surface area contributed by atoms with E-state index >= 15 is 0 Å². The molecule has 2 heteroatoms. The average molecular weight is 143 g/mol. The third-order valence-electron chi connectivity index (χ3n) is 1.96. The molecule has 0 aliphatic carbocycles. The molecule has 0 bridgehead atoms. The minimum atomic E-state index is 0.785. The minimum absolute atomic E-state index is 0.785. The van der Waals surface area contributed by atoms with E-state index in [1.807, 2.05) is 26.0 Å². The standard InChI is InChI=1S/C9H10BN/c1-6-4-9(10)7(2)3-8(6)5-11/h3-4H,10H2,1-2H3. The van der Waals surface area contributed by atoms with Gasteiger partial charge in [0, 0.05) is 0 Å². The molecule has 0 heterocycles. The predicted octanol–water partition coefficient (Wildman–Crippen LogP) is 0.434. The fraction of sp³-hybridized carbons (Fsp3) is 0.222. The van der Waals surface area contributed by atoms with Gasteiger partial charge in [-0.05, 0) is 25.5 Å². The first-order chi connectivity index (χ1) is 5.15. The third kappa shape index (κ3) is 1.43. The molecule has 0 radical (unpaired) electrons. The largest absolute Gasteiger partial charge is 0.192 e. The number of hydrogen-bond acceptors (Lipinski definition) is 1. The van der Waals surface area contributed by atoms with Gasteiger partial charge < -0.3 is 0 Å². The van der Waals surface area contributed by atoms with Crippen LogP contribution in [0, 0.1) is 25.2 Å². The van der Waals surface area contributed by atoms with Crippen molar-refractivity contribution in [3.05, 3.63) is 28.8 Å². The number of rotatable bonds is 0. The molecule has 54 valence electrons. The number of benzene rings is 1. The van der Waals surface area contributed by atoms with E-state index in [9.17, 15) is 0 Å². The molecule has 1 aromatic carbocycles. The van der Waals surface area contributed by atoms with Crippen molar-refractivity contribution in [1.29, 1.82) is 5.26 Å². The first-order valence-corrected chi connectivity index (χ1v) is 3.63. The number of hydrogen-bond donors (Lipinski definition) is 0. The molecule has 0 N–H and O–H groups in total. The topological polar surface area (TPSA) is 23.8 Å². The van der Waals surface area contributed by atoms with E-state index < -0.39 is 0 Å². The maximum Gasteiger partial charge on any atom is 0.139 e. The van der Waals surface area contributed by atoms with Gasteiger partial charge in [0.1, 0.15) is 7.85 Å². The average Bonchev–Trinajstić information content (AvgIpc) is 1.97. The maximum atomic E-state index is 8.68. The van der Waals surface area contributed by atoms with Crippen LogP contribution in [0.4, 0.5) is 0 Å². The van der Waals surface area contributed by atoms with Gasteiger partial charge in [-0.1, -0.05) is 17.1 Å². The van der Waals surface area contributed by atoms with Crippen molar-refractivity contribution in [1.82, 2.24) is 0 Å². The Labute approximate surface area is 68.1 Å². The van der Waals surface area contributed by atoms with Crippen LogP contribution < -0.4 is 5.46 Å². The summed E-state index contributed by atoms with van der Waals surface area (Å²) < 4.78 is 0. The summed E-state index contributed by atoms with van der Waals surface area (Å²) in [4.78, 5) is 0. The first-order valence-electron chi connectivity index (χ1n) is 3.63. The zero-order valence-corrected chi connectivity index (χ0v) is 7.10. The highest BCUT2D eigenvalue weighted by Crippen LogP contribution is 2.06. The van der Waals surface area contributed by atoms with Gasteiger partial charge in [0.25, 0.3) is 0 Å². The fourth-order valence-corrected chi connectivity index (χ4v) is 1.08. The molecule has 0 fully saturated rings. The monoisotopic (exact) mass is 143 g/mol. The van der Waals surface area contributed by atoms with E-state index in [4.69, 9.17) is 5.26 Å². The molecule has 0 aliphatic rings. The molecule has 0 saturated heterocycles. The van der Waals surface area contributed by atoms with Crippen LogP contribution in [0.2, 0.25) is 0 Å². The van der Waals surface area contributed by atoms with Crippen LogP contribution in [0.15, 0.2) is 12.1 Å². The highest BCUT2D eigenvalue weighted by Gasteiger charge is 1.98. The zero-order chi connectivity index (χ0) is 8.43. The van der Waals surface area contributed by atoms with Gasteiger partial charge in [-0.15, -0.1) is 0 Å². The van der Waals surface area contributed by atoms with Crippen molar-refractivity contribution in [3.8, 4) is 6.07 Å². The maximum absolute atomic E-state index is 8.68. The Morgan fingerprint density at radius 3 is 2.45 bits per heavy atom. The Balaban J connectivity index is 3.35. The van der Waals surface area contributed by atoms with E-state index in [1.54, 1.807) is 0 Å². The summed E-state index contributed by atoms with van der Waals surface area (Å²) >= 11 is 0.